The largest absolute Gasteiger partial charge is 0.573 e. The predicted octanol–water partition coefficient (Wildman–Crippen LogP) is 4.16. The molecule has 140 valence electrons. The highest BCUT2D eigenvalue weighted by atomic mass is 19.4. The molecular weight excluding hydrogens is 343 g/mol. The smallest absolute Gasteiger partial charge is 0.406 e. The highest BCUT2D eigenvalue weighted by molar-refractivity contribution is 5.42. The van der Waals surface area contributed by atoms with Gasteiger partial charge in [-0.2, -0.15) is 0 Å². The van der Waals surface area contributed by atoms with Gasteiger partial charge in [-0.3, -0.25) is 0 Å². The van der Waals surface area contributed by atoms with Crippen LogP contribution in [0, 0.1) is 5.41 Å². The number of halogens is 3. The molecular formula is C20H22F3NO2. The monoisotopic (exact) mass is 365 g/mol. The van der Waals surface area contributed by atoms with E-state index in [9.17, 15) is 18.3 Å². The Kier molecular flexibility index (Phi) is 4.75. The molecule has 1 atom stereocenters. The minimum atomic E-state index is -4.74. The number of hydrogen-bond acceptors (Lipinski definition) is 3. The van der Waals surface area contributed by atoms with E-state index < -0.39 is 17.4 Å². The highest BCUT2D eigenvalue weighted by Crippen LogP contribution is 2.52. The van der Waals surface area contributed by atoms with Gasteiger partial charge >= 0.3 is 6.36 Å². The third-order valence-electron chi connectivity index (χ3n) is 5.29. The normalized spacial score (nSPS) is 19.5. The molecule has 0 saturated carbocycles. The van der Waals surface area contributed by atoms with Crippen LogP contribution in [0.15, 0.2) is 54.6 Å². The zero-order valence-electron chi connectivity index (χ0n) is 14.8. The molecule has 2 aromatic rings. The highest BCUT2D eigenvalue weighted by Gasteiger charge is 2.57. The Morgan fingerprint density at radius 3 is 2.00 bits per heavy atom. The van der Waals surface area contributed by atoms with E-state index in [2.05, 4.69) is 9.64 Å². The van der Waals surface area contributed by atoms with Crippen molar-refractivity contribution in [1.82, 2.24) is 4.90 Å². The lowest BCUT2D eigenvalue weighted by Crippen LogP contribution is -2.65. The first-order valence-electron chi connectivity index (χ1n) is 8.53. The standard InChI is InChI=1S/C20H22F3NO2/c1-3-18(13-24(2)14-18)19(25,15-7-5-4-6-8-15)16-9-11-17(12-10-16)26-20(21,22)23/h4-12,25H,3,13-14H2,1-2H3. The molecule has 1 saturated heterocycles. The van der Waals surface area contributed by atoms with Gasteiger partial charge < -0.3 is 14.7 Å². The second-order valence-corrected chi connectivity index (χ2v) is 6.95. The summed E-state index contributed by atoms with van der Waals surface area (Å²) in [5.41, 5.74) is -0.408. The van der Waals surface area contributed by atoms with Crippen LogP contribution < -0.4 is 4.74 Å². The summed E-state index contributed by atoms with van der Waals surface area (Å²) in [6.45, 7) is 3.44. The van der Waals surface area contributed by atoms with Crippen LogP contribution in [-0.4, -0.2) is 36.5 Å². The van der Waals surface area contributed by atoms with E-state index in [0.717, 1.165) is 12.0 Å². The fourth-order valence-electron chi connectivity index (χ4n) is 4.05. The summed E-state index contributed by atoms with van der Waals surface area (Å²) in [5.74, 6) is -0.298. The number of hydrogen-bond donors (Lipinski definition) is 1. The number of alkyl halides is 3. The molecule has 1 unspecified atom stereocenters. The molecule has 1 fully saturated rings. The van der Waals surface area contributed by atoms with Crippen molar-refractivity contribution in [2.24, 2.45) is 5.41 Å². The lowest BCUT2D eigenvalue weighted by Gasteiger charge is -2.57. The van der Waals surface area contributed by atoms with Gasteiger partial charge in [0.05, 0.1) is 0 Å². The summed E-state index contributed by atoms with van der Waals surface area (Å²) in [6.07, 6.45) is -4.00. The molecule has 2 aromatic carbocycles. The van der Waals surface area contributed by atoms with Crippen LogP contribution in [0.5, 0.6) is 5.75 Å². The van der Waals surface area contributed by atoms with E-state index >= 15 is 0 Å². The number of rotatable bonds is 5. The van der Waals surface area contributed by atoms with Crippen LogP contribution in [0.25, 0.3) is 0 Å². The molecule has 1 heterocycles. The van der Waals surface area contributed by atoms with E-state index in [0.29, 0.717) is 18.7 Å². The molecule has 0 amide bonds. The molecule has 0 aliphatic carbocycles. The average Bonchev–Trinajstić information content (AvgIpc) is 2.58. The fraction of sp³-hybridized carbons (Fsp3) is 0.400. The molecule has 0 aromatic heterocycles. The van der Waals surface area contributed by atoms with E-state index in [4.69, 9.17) is 0 Å². The first-order chi connectivity index (χ1) is 12.2. The maximum absolute atomic E-state index is 12.4. The van der Waals surface area contributed by atoms with E-state index in [1.54, 1.807) is 0 Å². The third kappa shape index (κ3) is 3.19. The number of aliphatic hydroxyl groups is 1. The molecule has 0 bridgehead atoms. The molecule has 6 heteroatoms. The van der Waals surface area contributed by atoms with E-state index in [-0.39, 0.29) is 5.75 Å². The maximum Gasteiger partial charge on any atom is 0.573 e. The van der Waals surface area contributed by atoms with Gasteiger partial charge in [-0.1, -0.05) is 49.4 Å². The average molecular weight is 365 g/mol. The Bertz CT molecular complexity index is 740. The summed E-state index contributed by atoms with van der Waals surface area (Å²) in [7, 11) is 1.99. The van der Waals surface area contributed by atoms with Crippen molar-refractivity contribution in [2.45, 2.75) is 25.3 Å². The predicted molar refractivity (Wildman–Crippen MR) is 92.8 cm³/mol. The topological polar surface area (TPSA) is 32.7 Å². The number of likely N-dealkylation sites (tertiary alicyclic amines) is 1. The lowest BCUT2D eigenvalue weighted by molar-refractivity contribution is -0.274. The zero-order valence-corrected chi connectivity index (χ0v) is 14.8. The zero-order chi connectivity index (χ0) is 19.0. The van der Waals surface area contributed by atoms with Gasteiger partial charge in [0.1, 0.15) is 11.4 Å². The molecule has 1 aliphatic heterocycles. The molecule has 3 nitrogen and oxygen atoms in total. The summed E-state index contributed by atoms with van der Waals surface area (Å²) >= 11 is 0. The van der Waals surface area contributed by atoms with Crippen molar-refractivity contribution in [3.63, 3.8) is 0 Å². The maximum atomic E-state index is 12.4. The number of ether oxygens (including phenoxy) is 1. The van der Waals surface area contributed by atoms with Crippen molar-refractivity contribution >= 4 is 0 Å². The Hall–Kier alpha value is -2.05. The number of nitrogens with zero attached hydrogens (tertiary/aromatic N) is 1. The molecule has 3 rings (SSSR count). The van der Waals surface area contributed by atoms with Crippen LogP contribution >= 0.6 is 0 Å². The van der Waals surface area contributed by atoms with Crippen LogP contribution in [-0.2, 0) is 5.60 Å². The summed E-state index contributed by atoms with van der Waals surface area (Å²) in [4.78, 5) is 2.12. The Morgan fingerprint density at radius 1 is 1.00 bits per heavy atom. The van der Waals surface area contributed by atoms with Gasteiger partial charge in [0.2, 0.25) is 0 Å². The quantitative estimate of drug-likeness (QED) is 0.864. The molecule has 1 N–H and O–H groups in total. The Balaban J connectivity index is 2.05. The first kappa shape index (κ1) is 18.7. The number of benzene rings is 2. The van der Waals surface area contributed by atoms with Gasteiger partial charge in [0, 0.05) is 18.5 Å². The summed E-state index contributed by atoms with van der Waals surface area (Å²) in [6, 6.07) is 14.8. The van der Waals surface area contributed by atoms with Crippen LogP contribution in [0.1, 0.15) is 24.5 Å². The van der Waals surface area contributed by atoms with Gasteiger partial charge in [-0.15, -0.1) is 13.2 Å². The minimum Gasteiger partial charge on any atom is -0.406 e. The van der Waals surface area contributed by atoms with Crippen LogP contribution in [0.2, 0.25) is 0 Å². The third-order valence-corrected chi connectivity index (χ3v) is 5.29. The van der Waals surface area contributed by atoms with Crippen LogP contribution in [0.3, 0.4) is 0 Å². The van der Waals surface area contributed by atoms with Gasteiger partial charge in [-0.25, -0.2) is 0 Å². The second-order valence-electron chi connectivity index (χ2n) is 6.95. The molecule has 0 radical (unpaired) electrons. The fourth-order valence-corrected chi connectivity index (χ4v) is 4.05. The molecule has 0 spiro atoms. The van der Waals surface area contributed by atoms with Crippen molar-refractivity contribution < 1.29 is 23.0 Å². The van der Waals surface area contributed by atoms with Crippen LogP contribution in [0.4, 0.5) is 13.2 Å². The van der Waals surface area contributed by atoms with Crippen molar-refractivity contribution in [1.29, 1.82) is 0 Å². The van der Waals surface area contributed by atoms with Crippen molar-refractivity contribution in [3.8, 4) is 5.75 Å². The Morgan fingerprint density at radius 2 is 1.54 bits per heavy atom. The van der Waals surface area contributed by atoms with E-state index in [1.807, 2.05) is 44.3 Å². The van der Waals surface area contributed by atoms with Crippen molar-refractivity contribution in [3.05, 3.63) is 65.7 Å². The minimum absolute atomic E-state index is 0.298. The summed E-state index contributed by atoms with van der Waals surface area (Å²) in [5, 5.41) is 11.9. The lowest BCUT2D eigenvalue weighted by atomic mass is 9.59. The molecule has 26 heavy (non-hydrogen) atoms. The van der Waals surface area contributed by atoms with E-state index in [1.165, 1.54) is 24.3 Å². The summed E-state index contributed by atoms with van der Waals surface area (Å²) < 4.78 is 41.2. The Labute approximate surface area is 151 Å². The SMILES string of the molecule is CCC1(C(O)(c2ccccc2)c2ccc(OC(F)(F)F)cc2)CN(C)C1. The van der Waals surface area contributed by atoms with Crippen molar-refractivity contribution in [2.75, 3.05) is 20.1 Å². The van der Waals surface area contributed by atoms with Gasteiger partial charge in [0.15, 0.2) is 0 Å². The van der Waals surface area contributed by atoms with Gasteiger partial charge in [0.25, 0.3) is 0 Å². The first-order valence-corrected chi connectivity index (χ1v) is 8.53. The van der Waals surface area contributed by atoms with Gasteiger partial charge in [-0.05, 0) is 36.7 Å². The molecule has 1 aliphatic rings. The second kappa shape index (κ2) is 6.59.